The van der Waals surface area contributed by atoms with Gasteiger partial charge in [0.15, 0.2) is 0 Å². The third-order valence-electron chi connectivity index (χ3n) is 6.21. The minimum Gasteiger partial charge on any atom is -0.445 e. The van der Waals surface area contributed by atoms with Crippen molar-refractivity contribution in [3.05, 3.63) is 71.8 Å². The average Bonchev–Trinajstić information content (AvgIpc) is 2.88. The lowest BCUT2D eigenvalue weighted by molar-refractivity contribution is 0.0857. The molecular weight excluding hydrogens is 478 g/mol. The molecule has 1 amide bonds. The predicted octanol–water partition coefficient (Wildman–Crippen LogP) is 3.57. The van der Waals surface area contributed by atoms with Crippen molar-refractivity contribution in [2.45, 2.75) is 58.3 Å². The molecule has 2 aromatic rings. The summed E-state index contributed by atoms with van der Waals surface area (Å²) in [6.45, 7) is 5.15. The van der Waals surface area contributed by atoms with Crippen molar-refractivity contribution >= 4 is 16.3 Å². The standard InChI is InChI=1S/C27H39N3O5S/c1-22(2)19-30(36(33,34)29-16-10-5-11-17-29)20-26(31)25(18-23-12-6-3-7-13-23)28-27(32)35-21-24-14-8-4-9-15-24/h3-4,6-9,12-15,22,25-26,31H,5,10-11,16-21H2,1-2H3,(H,28,32)/t25?,26-/m1/s1. The van der Waals surface area contributed by atoms with Gasteiger partial charge < -0.3 is 15.2 Å². The zero-order chi connectivity index (χ0) is 26.0. The summed E-state index contributed by atoms with van der Waals surface area (Å²) in [6, 6.07) is 18.1. The summed E-state index contributed by atoms with van der Waals surface area (Å²) in [5.41, 5.74) is 1.77. The maximum Gasteiger partial charge on any atom is 0.407 e. The number of carbonyl (C=O) groups is 1. The molecule has 0 radical (unpaired) electrons. The molecule has 1 fully saturated rings. The highest BCUT2D eigenvalue weighted by molar-refractivity contribution is 7.86. The normalized spacial score (nSPS) is 16.6. The lowest BCUT2D eigenvalue weighted by Crippen LogP contribution is -2.54. The van der Waals surface area contributed by atoms with E-state index >= 15 is 0 Å². The Labute approximate surface area is 215 Å². The molecule has 2 atom stereocenters. The SMILES string of the molecule is CC(C)CN(C[C@@H](O)C(Cc1ccccc1)NC(=O)OCc1ccccc1)S(=O)(=O)N1CCCCC1. The Morgan fingerprint density at radius 3 is 2.14 bits per heavy atom. The van der Waals surface area contributed by atoms with E-state index in [2.05, 4.69) is 5.32 Å². The van der Waals surface area contributed by atoms with Crippen LogP contribution in [0.5, 0.6) is 0 Å². The Hall–Kier alpha value is -2.46. The highest BCUT2D eigenvalue weighted by Crippen LogP contribution is 2.19. The van der Waals surface area contributed by atoms with Gasteiger partial charge in [-0.2, -0.15) is 17.0 Å². The molecule has 1 aliphatic rings. The van der Waals surface area contributed by atoms with Gasteiger partial charge in [0, 0.05) is 26.2 Å². The molecule has 198 valence electrons. The second-order valence-electron chi connectivity index (χ2n) is 9.75. The molecule has 0 aromatic heterocycles. The van der Waals surface area contributed by atoms with E-state index in [1.807, 2.05) is 74.5 Å². The fraction of sp³-hybridized carbons (Fsp3) is 0.519. The molecule has 0 spiro atoms. The van der Waals surface area contributed by atoms with Crippen LogP contribution in [0.15, 0.2) is 60.7 Å². The Morgan fingerprint density at radius 1 is 0.972 bits per heavy atom. The highest BCUT2D eigenvalue weighted by Gasteiger charge is 2.34. The summed E-state index contributed by atoms with van der Waals surface area (Å²) < 4.78 is 35.2. The van der Waals surface area contributed by atoms with E-state index < -0.39 is 28.4 Å². The summed E-state index contributed by atoms with van der Waals surface area (Å²) in [6.07, 6.45) is 1.24. The number of aliphatic hydroxyl groups is 1. The maximum absolute atomic E-state index is 13.4. The van der Waals surface area contributed by atoms with E-state index in [0.717, 1.165) is 30.4 Å². The van der Waals surface area contributed by atoms with Crippen LogP contribution in [0, 0.1) is 5.92 Å². The van der Waals surface area contributed by atoms with Gasteiger partial charge in [-0.25, -0.2) is 4.79 Å². The summed E-state index contributed by atoms with van der Waals surface area (Å²) in [4.78, 5) is 12.6. The first-order valence-corrected chi connectivity index (χ1v) is 14.1. The van der Waals surface area contributed by atoms with E-state index in [1.54, 1.807) is 0 Å². The number of ether oxygens (including phenoxy) is 1. The van der Waals surface area contributed by atoms with Crippen LogP contribution >= 0.6 is 0 Å². The second kappa shape index (κ2) is 13.7. The van der Waals surface area contributed by atoms with Crippen molar-refractivity contribution in [1.29, 1.82) is 0 Å². The number of rotatable bonds is 12. The second-order valence-corrected chi connectivity index (χ2v) is 11.7. The number of hydrogen-bond donors (Lipinski definition) is 2. The number of aliphatic hydroxyl groups excluding tert-OH is 1. The lowest BCUT2D eigenvalue weighted by Gasteiger charge is -2.35. The number of benzene rings is 2. The smallest absolute Gasteiger partial charge is 0.407 e. The topological polar surface area (TPSA) is 99.2 Å². The summed E-state index contributed by atoms with van der Waals surface area (Å²) >= 11 is 0. The molecule has 1 saturated heterocycles. The lowest BCUT2D eigenvalue weighted by atomic mass is 10.0. The summed E-state index contributed by atoms with van der Waals surface area (Å²) in [5, 5.41) is 14.0. The minimum absolute atomic E-state index is 0.0770. The van der Waals surface area contributed by atoms with Crippen LogP contribution in [-0.2, 0) is 28.0 Å². The predicted molar refractivity (Wildman–Crippen MR) is 140 cm³/mol. The van der Waals surface area contributed by atoms with E-state index in [0.29, 0.717) is 19.5 Å². The van der Waals surface area contributed by atoms with Gasteiger partial charge in [-0.1, -0.05) is 80.9 Å². The zero-order valence-corrected chi connectivity index (χ0v) is 22.1. The van der Waals surface area contributed by atoms with Crippen LogP contribution in [-0.4, -0.2) is 66.6 Å². The first kappa shape index (κ1) is 28.1. The summed E-state index contributed by atoms with van der Waals surface area (Å²) in [7, 11) is -3.73. The number of hydrogen-bond acceptors (Lipinski definition) is 5. The van der Waals surface area contributed by atoms with Gasteiger partial charge in [-0.3, -0.25) is 0 Å². The van der Waals surface area contributed by atoms with Gasteiger partial charge in [0.2, 0.25) is 0 Å². The maximum atomic E-state index is 13.4. The number of nitrogens with zero attached hydrogens (tertiary/aromatic N) is 2. The number of alkyl carbamates (subject to hydrolysis) is 1. The van der Waals surface area contributed by atoms with Crippen molar-refractivity contribution in [2.75, 3.05) is 26.2 Å². The monoisotopic (exact) mass is 517 g/mol. The quantitative estimate of drug-likeness (QED) is 0.448. The molecule has 2 aromatic carbocycles. The van der Waals surface area contributed by atoms with Crippen LogP contribution in [0.2, 0.25) is 0 Å². The molecule has 0 aliphatic carbocycles. The Morgan fingerprint density at radius 2 is 1.56 bits per heavy atom. The first-order valence-electron chi connectivity index (χ1n) is 12.7. The van der Waals surface area contributed by atoms with Gasteiger partial charge in [0.05, 0.1) is 12.1 Å². The highest BCUT2D eigenvalue weighted by atomic mass is 32.2. The minimum atomic E-state index is -3.73. The third-order valence-corrected chi connectivity index (χ3v) is 8.17. The van der Waals surface area contributed by atoms with Gasteiger partial charge >= 0.3 is 6.09 Å². The van der Waals surface area contributed by atoms with Crippen LogP contribution in [0.25, 0.3) is 0 Å². The van der Waals surface area contributed by atoms with Crippen molar-refractivity contribution < 1.29 is 23.1 Å². The third kappa shape index (κ3) is 8.58. The zero-order valence-electron chi connectivity index (χ0n) is 21.3. The van der Waals surface area contributed by atoms with Crippen molar-refractivity contribution in [3.63, 3.8) is 0 Å². The Kier molecular flexibility index (Phi) is 10.7. The van der Waals surface area contributed by atoms with Crippen LogP contribution in [0.1, 0.15) is 44.2 Å². The van der Waals surface area contributed by atoms with Gasteiger partial charge in [0.25, 0.3) is 10.2 Å². The largest absolute Gasteiger partial charge is 0.445 e. The summed E-state index contributed by atoms with van der Waals surface area (Å²) in [5.74, 6) is 0.0770. The van der Waals surface area contributed by atoms with Gasteiger partial charge in [-0.15, -0.1) is 0 Å². The van der Waals surface area contributed by atoms with Gasteiger partial charge in [0.1, 0.15) is 6.61 Å². The van der Waals surface area contributed by atoms with E-state index in [1.165, 1.54) is 8.61 Å². The Balaban J connectivity index is 1.73. The molecule has 0 bridgehead atoms. The molecule has 8 nitrogen and oxygen atoms in total. The van der Waals surface area contributed by atoms with E-state index in [9.17, 15) is 18.3 Å². The molecule has 2 N–H and O–H groups in total. The van der Waals surface area contributed by atoms with E-state index in [4.69, 9.17) is 4.74 Å². The number of amides is 1. The van der Waals surface area contributed by atoms with Crippen LogP contribution < -0.4 is 5.32 Å². The average molecular weight is 518 g/mol. The van der Waals surface area contributed by atoms with E-state index in [-0.39, 0.29) is 25.6 Å². The molecule has 36 heavy (non-hydrogen) atoms. The van der Waals surface area contributed by atoms with Crippen molar-refractivity contribution in [1.82, 2.24) is 13.9 Å². The number of carbonyl (C=O) groups excluding carboxylic acids is 1. The molecule has 1 heterocycles. The van der Waals surface area contributed by atoms with Crippen molar-refractivity contribution in [2.24, 2.45) is 5.92 Å². The number of nitrogens with one attached hydrogen (secondary N) is 1. The van der Waals surface area contributed by atoms with Crippen molar-refractivity contribution in [3.8, 4) is 0 Å². The fourth-order valence-electron chi connectivity index (χ4n) is 4.33. The van der Waals surface area contributed by atoms with Gasteiger partial charge in [-0.05, 0) is 36.3 Å². The molecule has 9 heteroatoms. The first-order chi connectivity index (χ1) is 17.3. The molecular formula is C27H39N3O5S. The van der Waals surface area contributed by atoms with Crippen LogP contribution in [0.4, 0.5) is 4.79 Å². The number of piperidine rings is 1. The molecule has 3 rings (SSSR count). The van der Waals surface area contributed by atoms with Crippen LogP contribution in [0.3, 0.4) is 0 Å². The molecule has 0 saturated carbocycles. The fourth-order valence-corrected chi connectivity index (χ4v) is 6.21. The molecule has 1 unspecified atom stereocenters. The molecule has 1 aliphatic heterocycles. The Bertz CT molecular complexity index is 1030.